The van der Waals surface area contributed by atoms with Crippen LogP contribution in [0.4, 0.5) is 26.3 Å². The maximum atomic E-state index is 14.7. The Morgan fingerprint density at radius 2 is 0.593 bits per heavy atom. The molecule has 0 N–H and O–H groups in total. The fourth-order valence-corrected chi connectivity index (χ4v) is 11.9. The molecule has 13 rings (SSSR count). The molecular weight excluding hydrogens is 1090 g/mol. The summed E-state index contributed by atoms with van der Waals surface area (Å²) < 4.78 is 92.2. The lowest BCUT2D eigenvalue weighted by Crippen LogP contribution is -2.11. The smallest absolute Gasteiger partial charge is 0.309 e. The summed E-state index contributed by atoms with van der Waals surface area (Å²) in [6.07, 6.45) is -10.3. The number of hydrogen-bond acceptors (Lipinski definition) is 5. The fraction of sp³-hybridized carbons (Fsp3) is 0.0274. The van der Waals surface area contributed by atoms with E-state index in [1.165, 1.54) is 12.1 Å². The second kappa shape index (κ2) is 20.8. The Morgan fingerprint density at radius 3 is 0.942 bits per heavy atom. The Hall–Kier alpha value is -12.0. The minimum absolute atomic E-state index is 0.0191. The number of hydrogen-bond donors (Lipinski definition) is 0. The van der Waals surface area contributed by atoms with Gasteiger partial charge in [0, 0.05) is 32.7 Å². The fourth-order valence-electron chi connectivity index (χ4n) is 11.9. The van der Waals surface area contributed by atoms with E-state index in [4.69, 9.17) is 0 Å². The van der Waals surface area contributed by atoms with Crippen LogP contribution in [-0.4, -0.2) is 9.13 Å². The molecule has 0 atom stereocenters. The van der Waals surface area contributed by atoms with Crippen molar-refractivity contribution in [3.63, 3.8) is 0 Å². The van der Waals surface area contributed by atoms with E-state index >= 15 is 0 Å². The molecule has 86 heavy (non-hydrogen) atoms. The van der Waals surface area contributed by atoms with Crippen molar-refractivity contribution in [3.05, 3.63) is 263 Å². The lowest BCUT2D eigenvalue weighted by atomic mass is 9.91. The van der Waals surface area contributed by atoms with Crippen LogP contribution in [0.15, 0.2) is 224 Å². The van der Waals surface area contributed by atoms with Gasteiger partial charge in [-0.25, -0.2) is 0 Å². The monoisotopic (exact) mass is 1130 g/mol. The largest absolute Gasteiger partial charge is 0.416 e. The lowest BCUT2D eigenvalue weighted by Gasteiger charge is -2.21. The van der Waals surface area contributed by atoms with Gasteiger partial charge in [-0.3, -0.25) is 0 Å². The van der Waals surface area contributed by atoms with E-state index in [1.807, 2.05) is 130 Å². The van der Waals surface area contributed by atoms with Crippen LogP contribution in [-0.2, 0) is 12.4 Å². The first-order valence-corrected chi connectivity index (χ1v) is 26.8. The summed E-state index contributed by atoms with van der Waals surface area (Å²) in [5.74, 6) is 0. The first-order chi connectivity index (χ1) is 41.7. The maximum absolute atomic E-state index is 14.7. The van der Waals surface area contributed by atoms with E-state index in [9.17, 15) is 52.7 Å². The summed E-state index contributed by atoms with van der Waals surface area (Å²) in [6, 6.07) is 74.4. The van der Waals surface area contributed by atoms with Crippen molar-refractivity contribution in [1.82, 2.24) is 9.13 Å². The molecule has 0 saturated carbocycles. The van der Waals surface area contributed by atoms with E-state index < -0.39 is 23.5 Å². The highest BCUT2D eigenvalue weighted by molar-refractivity contribution is 6.14. The number of nitrogens with zero attached hydrogens (tertiary/aromatic N) is 7. The second-order valence-corrected chi connectivity index (χ2v) is 20.6. The van der Waals surface area contributed by atoms with Gasteiger partial charge < -0.3 is 9.13 Å². The molecular formula is C73H37F6N7. The van der Waals surface area contributed by atoms with Crippen LogP contribution < -0.4 is 0 Å². The minimum atomic E-state index is -5.16. The van der Waals surface area contributed by atoms with Gasteiger partial charge >= 0.3 is 12.4 Å². The Labute approximate surface area is 487 Å². The van der Waals surface area contributed by atoms with Crippen LogP contribution in [0.5, 0.6) is 0 Å². The molecule has 11 aromatic carbocycles. The summed E-state index contributed by atoms with van der Waals surface area (Å²) in [6.45, 7) is 0. The molecule has 0 unspecified atom stereocenters. The predicted molar refractivity (Wildman–Crippen MR) is 321 cm³/mol. The average Bonchev–Trinajstić information content (AvgIpc) is 1.63. The van der Waals surface area contributed by atoms with Gasteiger partial charge in [-0.1, -0.05) is 109 Å². The molecule has 0 saturated heterocycles. The van der Waals surface area contributed by atoms with Crippen molar-refractivity contribution < 1.29 is 26.3 Å². The molecule has 0 aliphatic carbocycles. The lowest BCUT2D eigenvalue weighted by molar-refractivity contribution is -0.143. The molecule has 0 radical (unpaired) electrons. The van der Waals surface area contributed by atoms with Gasteiger partial charge in [-0.05, 0) is 171 Å². The summed E-state index contributed by atoms with van der Waals surface area (Å²) >= 11 is 0. The highest BCUT2D eigenvalue weighted by Crippen LogP contribution is 2.47. The van der Waals surface area contributed by atoms with E-state index in [2.05, 4.69) is 30.3 Å². The zero-order chi connectivity index (χ0) is 59.6. The van der Waals surface area contributed by atoms with Gasteiger partial charge in [-0.2, -0.15) is 52.7 Å². The van der Waals surface area contributed by atoms with Crippen LogP contribution in [0.3, 0.4) is 0 Å². The first kappa shape index (κ1) is 53.4. The molecule has 0 amide bonds. The van der Waals surface area contributed by atoms with Crippen LogP contribution in [0.25, 0.3) is 122 Å². The van der Waals surface area contributed by atoms with Crippen molar-refractivity contribution in [3.8, 4) is 108 Å². The topological polar surface area (TPSA) is 129 Å². The number of aromatic nitrogens is 2. The van der Waals surface area contributed by atoms with Gasteiger partial charge in [0.1, 0.15) is 0 Å². The second-order valence-electron chi connectivity index (χ2n) is 20.6. The van der Waals surface area contributed by atoms with E-state index in [-0.39, 0.29) is 33.9 Å². The Kier molecular flexibility index (Phi) is 12.9. The van der Waals surface area contributed by atoms with Crippen LogP contribution >= 0.6 is 0 Å². The van der Waals surface area contributed by atoms with Gasteiger partial charge in [0.2, 0.25) is 0 Å². The van der Waals surface area contributed by atoms with Crippen molar-refractivity contribution in [2.24, 2.45) is 0 Å². The summed E-state index contributed by atoms with van der Waals surface area (Å²) in [7, 11) is 0. The quantitative estimate of drug-likeness (QED) is 0.140. The third-order valence-corrected chi connectivity index (χ3v) is 15.8. The Balaban J connectivity index is 1.15. The summed E-state index contributed by atoms with van der Waals surface area (Å²) in [5.41, 5.74) is 7.82. The molecule has 0 aliphatic heterocycles. The zero-order valence-corrected chi connectivity index (χ0v) is 44.8. The van der Waals surface area contributed by atoms with Crippen molar-refractivity contribution in [2.75, 3.05) is 0 Å². The Morgan fingerprint density at radius 1 is 0.267 bits per heavy atom. The Bertz CT molecular complexity index is 4980. The zero-order valence-electron chi connectivity index (χ0n) is 44.8. The third kappa shape index (κ3) is 9.00. The number of benzene rings is 11. The normalized spacial score (nSPS) is 11.5. The van der Waals surface area contributed by atoms with E-state index in [0.717, 1.165) is 21.9 Å². The van der Waals surface area contributed by atoms with Crippen molar-refractivity contribution >= 4 is 43.6 Å². The molecule has 13 heteroatoms. The molecule has 0 fully saturated rings. The number of alkyl halides is 6. The summed E-state index contributed by atoms with van der Waals surface area (Å²) in [5, 5.41) is 55.2. The number of nitriles is 5. The third-order valence-electron chi connectivity index (χ3n) is 15.8. The van der Waals surface area contributed by atoms with Crippen LogP contribution in [0, 0.1) is 56.7 Å². The number of fused-ring (bicyclic) bond motifs is 6. The molecule has 0 bridgehead atoms. The van der Waals surface area contributed by atoms with Gasteiger partial charge in [0.05, 0.1) is 103 Å². The predicted octanol–water partition coefficient (Wildman–Crippen LogP) is 19.3. The molecule has 2 aromatic heterocycles. The van der Waals surface area contributed by atoms with Crippen LogP contribution in [0.2, 0.25) is 0 Å². The number of halogens is 6. The molecule has 406 valence electrons. The van der Waals surface area contributed by atoms with E-state index in [1.54, 1.807) is 72.8 Å². The molecule has 13 aromatic rings. The maximum Gasteiger partial charge on any atom is 0.416 e. The van der Waals surface area contributed by atoms with Gasteiger partial charge in [0.15, 0.2) is 0 Å². The standard InChI is InChI=1S/C73H37F6N7/c74-72(75,76)54-30-53(31-55(37-54)73(77,78)79)43-20-25-69(85-65-26-21-44(56-15-5-1-10-48(56)38-80)33-60(65)61-34-45(22-27-66(61)85)57-16-6-2-11-49(57)39-81)64(32-43)71-52(42-84)14-9-19-70(71)86-67-28-23-46(58-17-7-3-12-50(58)40-82)35-62(67)63-36-47(24-29-68(63)86)59-18-8-4-13-51(59)41-83/h1-37H. The van der Waals surface area contributed by atoms with E-state index in [0.29, 0.717) is 112 Å². The summed E-state index contributed by atoms with van der Waals surface area (Å²) in [4.78, 5) is 0. The highest BCUT2D eigenvalue weighted by atomic mass is 19.4. The molecule has 0 aliphatic rings. The van der Waals surface area contributed by atoms with Crippen molar-refractivity contribution in [2.45, 2.75) is 12.4 Å². The van der Waals surface area contributed by atoms with Crippen molar-refractivity contribution in [1.29, 1.82) is 26.3 Å². The first-order valence-electron chi connectivity index (χ1n) is 26.8. The average molecular weight is 1130 g/mol. The SMILES string of the molecule is N#Cc1ccccc1-c1ccc2c(c1)c1cc(-c3ccccc3C#N)ccc1n2-c1ccc(-c2cc(C(F)(F)F)cc(C(F)(F)F)c2)cc1-c1c(C#N)cccc1-n1c2ccc(-c3ccccc3C#N)cc2c2cc(-c3ccccc3C#N)ccc21. The van der Waals surface area contributed by atoms with Crippen LogP contribution in [0.1, 0.15) is 38.9 Å². The highest BCUT2D eigenvalue weighted by Gasteiger charge is 2.37. The molecule has 2 heterocycles. The number of rotatable bonds is 8. The minimum Gasteiger partial charge on any atom is -0.309 e. The van der Waals surface area contributed by atoms with Gasteiger partial charge in [-0.15, -0.1) is 0 Å². The molecule has 7 nitrogen and oxygen atoms in total. The van der Waals surface area contributed by atoms with Gasteiger partial charge in [0.25, 0.3) is 0 Å². The molecule has 0 spiro atoms.